The monoisotopic (exact) mass is 450 g/mol. The molecule has 0 aliphatic heterocycles. The van der Waals surface area contributed by atoms with Gasteiger partial charge < -0.3 is 15.6 Å². The van der Waals surface area contributed by atoms with Crippen molar-refractivity contribution in [1.82, 2.24) is 19.7 Å². The van der Waals surface area contributed by atoms with E-state index >= 15 is 0 Å². The van der Waals surface area contributed by atoms with Gasteiger partial charge in [-0.25, -0.2) is 4.98 Å². The van der Waals surface area contributed by atoms with E-state index in [1.807, 2.05) is 18.2 Å². The first kappa shape index (κ1) is 20.6. The van der Waals surface area contributed by atoms with E-state index in [-0.39, 0.29) is 17.7 Å². The highest BCUT2D eigenvalue weighted by Gasteiger charge is 2.33. The Bertz CT molecular complexity index is 1500. The van der Waals surface area contributed by atoms with Crippen LogP contribution in [0.3, 0.4) is 0 Å². The predicted molar refractivity (Wildman–Crippen MR) is 118 cm³/mol. The molecule has 0 fully saturated rings. The standard InChI is InChI=1S/C23H17F3N6O/c24-23(25,26)17-4-2-1-3-15(17)12-32-20-8-6-13(21(27)33)9-19(20)30-22(32)29-16-7-5-14-11-28-31-18(14)10-16/h1-11H,12H2,(H2,27,33)(H,28,31)(H,29,30). The number of amides is 1. The minimum absolute atomic E-state index is 0.0866. The Kier molecular flexibility index (Phi) is 4.77. The fraction of sp³-hybridized carbons (Fsp3) is 0.0870. The van der Waals surface area contributed by atoms with E-state index in [0.717, 1.165) is 17.0 Å². The summed E-state index contributed by atoms with van der Waals surface area (Å²) < 4.78 is 42.4. The summed E-state index contributed by atoms with van der Waals surface area (Å²) in [6.07, 6.45) is -2.81. The molecular weight excluding hydrogens is 433 g/mol. The largest absolute Gasteiger partial charge is 0.416 e. The molecular formula is C23H17F3N6O. The van der Waals surface area contributed by atoms with Gasteiger partial charge >= 0.3 is 6.18 Å². The van der Waals surface area contributed by atoms with Crippen LogP contribution in [0.5, 0.6) is 0 Å². The number of primary amides is 1. The zero-order valence-corrected chi connectivity index (χ0v) is 17.0. The second-order valence-electron chi connectivity index (χ2n) is 7.54. The van der Waals surface area contributed by atoms with Crippen LogP contribution in [0.1, 0.15) is 21.5 Å². The molecule has 0 saturated heterocycles. The number of fused-ring (bicyclic) bond motifs is 2. The van der Waals surface area contributed by atoms with Gasteiger partial charge in [0.2, 0.25) is 11.9 Å². The van der Waals surface area contributed by atoms with E-state index in [1.165, 1.54) is 24.3 Å². The molecule has 0 radical (unpaired) electrons. The second-order valence-corrected chi connectivity index (χ2v) is 7.54. The third-order valence-corrected chi connectivity index (χ3v) is 5.38. The molecule has 4 N–H and O–H groups in total. The van der Waals surface area contributed by atoms with Crippen molar-refractivity contribution < 1.29 is 18.0 Å². The summed E-state index contributed by atoms with van der Waals surface area (Å²) in [7, 11) is 0. The number of carbonyl (C=O) groups excluding carboxylic acids is 1. The van der Waals surface area contributed by atoms with Crippen molar-refractivity contribution in [2.45, 2.75) is 12.7 Å². The Morgan fingerprint density at radius 1 is 1.09 bits per heavy atom. The summed E-state index contributed by atoms with van der Waals surface area (Å²) in [6, 6.07) is 15.6. The van der Waals surface area contributed by atoms with Gasteiger partial charge in [0.15, 0.2) is 0 Å². The number of carbonyl (C=O) groups is 1. The maximum atomic E-state index is 13.6. The number of nitrogens with one attached hydrogen (secondary N) is 2. The Morgan fingerprint density at radius 3 is 2.70 bits per heavy atom. The summed E-state index contributed by atoms with van der Waals surface area (Å²) in [5.41, 5.74) is 7.47. The van der Waals surface area contributed by atoms with Crippen LogP contribution < -0.4 is 11.1 Å². The topological polar surface area (TPSA) is 102 Å². The van der Waals surface area contributed by atoms with Crippen molar-refractivity contribution in [3.8, 4) is 0 Å². The molecule has 166 valence electrons. The summed E-state index contributed by atoms with van der Waals surface area (Å²) in [5.74, 6) is -0.296. The molecule has 2 aromatic heterocycles. The molecule has 0 saturated carbocycles. The number of aromatic nitrogens is 4. The highest BCUT2D eigenvalue weighted by molar-refractivity contribution is 5.96. The first-order valence-corrected chi connectivity index (χ1v) is 9.95. The second kappa shape index (κ2) is 7.66. The van der Waals surface area contributed by atoms with Crippen molar-refractivity contribution in [3.05, 3.63) is 83.6 Å². The number of aromatic amines is 1. The third kappa shape index (κ3) is 3.86. The number of halogens is 3. The molecule has 0 atom stereocenters. The van der Waals surface area contributed by atoms with E-state index in [1.54, 1.807) is 22.9 Å². The lowest BCUT2D eigenvalue weighted by Crippen LogP contribution is -2.13. The lowest BCUT2D eigenvalue weighted by molar-refractivity contribution is -0.138. The third-order valence-electron chi connectivity index (χ3n) is 5.38. The van der Waals surface area contributed by atoms with Crippen molar-refractivity contribution >= 4 is 39.5 Å². The molecule has 5 aromatic rings. The minimum Gasteiger partial charge on any atom is -0.366 e. The van der Waals surface area contributed by atoms with Crippen LogP contribution in [-0.4, -0.2) is 25.7 Å². The van der Waals surface area contributed by atoms with Gasteiger partial charge in [-0.15, -0.1) is 0 Å². The molecule has 33 heavy (non-hydrogen) atoms. The number of hydrogen-bond donors (Lipinski definition) is 3. The van der Waals surface area contributed by atoms with Crippen LogP contribution in [0.25, 0.3) is 21.9 Å². The van der Waals surface area contributed by atoms with Gasteiger partial charge in [0.1, 0.15) is 0 Å². The zero-order valence-electron chi connectivity index (χ0n) is 17.0. The van der Waals surface area contributed by atoms with Crippen LogP contribution in [0, 0.1) is 0 Å². The number of nitrogens with zero attached hydrogens (tertiary/aromatic N) is 3. The highest BCUT2D eigenvalue weighted by Crippen LogP contribution is 2.34. The normalized spacial score (nSPS) is 11.8. The smallest absolute Gasteiger partial charge is 0.366 e. The lowest BCUT2D eigenvalue weighted by atomic mass is 10.1. The molecule has 0 bridgehead atoms. The summed E-state index contributed by atoms with van der Waals surface area (Å²) in [6.45, 7) is -0.0866. The van der Waals surface area contributed by atoms with Crippen LogP contribution in [0.4, 0.5) is 24.8 Å². The number of anilines is 2. The molecule has 2 heterocycles. The molecule has 7 nitrogen and oxygen atoms in total. The van der Waals surface area contributed by atoms with Gasteiger partial charge in [-0.1, -0.05) is 18.2 Å². The maximum Gasteiger partial charge on any atom is 0.416 e. The van der Waals surface area contributed by atoms with Gasteiger partial charge in [0, 0.05) is 16.6 Å². The van der Waals surface area contributed by atoms with Crippen LogP contribution in [-0.2, 0) is 12.7 Å². The van der Waals surface area contributed by atoms with Crippen molar-refractivity contribution in [2.24, 2.45) is 5.73 Å². The number of rotatable bonds is 5. The Balaban J connectivity index is 1.63. The molecule has 0 spiro atoms. The zero-order chi connectivity index (χ0) is 23.2. The number of hydrogen-bond acceptors (Lipinski definition) is 4. The van der Waals surface area contributed by atoms with E-state index in [2.05, 4.69) is 20.5 Å². The number of H-pyrrole nitrogens is 1. The molecule has 10 heteroatoms. The number of alkyl halides is 3. The van der Waals surface area contributed by atoms with E-state index in [4.69, 9.17) is 5.73 Å². The van der Waals surface area contributed by atoms with Gasteiger partial charge in [-0.2, -0.15) is 18.3 Å². The van der Waals surface area contributed by atoms with Gasteiger partial charge in [0.25, 0.3) is 0 Å². The van der Waals surface area contributed by atoms with E-state index in [0.29, 0.717) is 22.7 Å². The highest BCUT2D eigenvalue weighted by atomic mass is 19.4. The molecule has 0 aliphatic carbocycles. The van der Waals surface area contributed by atoms with E-state index in [9.17, 15) is 18.0 Å². The van der Waals surface area contributed by atoms with Gasteiger partial charge in [0.05, 0.1) is 34.9 Å². The summed E-state index contributed by atoms with van der Waals surface area (Å²) in [4.78, 5) is 16.2. The summed E-state index contributed by atoms with van der Waals surface area (Å²) >= 11 is 0. The number of nitrogens with two attached hydrogens (primary N) is 1. The Morgan fingerprint density at radius 2 is 1.91 bits per heavy atom. The lowest BCUT2D eigenvalue weighted by Gasteiger charge is -2.16. The average molecular weight is 450 g/mol. The number of benzene rings is 3. The quantitative estimate of drug-likeness (QED) is 0.357. The Hall–Kier alpha value is -4.34. The first-order valence-electron chi connectivity index (χ1n) is 9.95. The molecule has 1 amide bonds. The van der Waals surface area contributed by atoms with Crippen molar-refractivity contribution in [1.29, 1.82) is 0 Å². The average Bonchev–Trinajstić information content (AvgIpc) is 3.37. The van der Waals surface area contributed by atoms with Crippen LogP contribution in [0.2, 0.25) is 0 Å². The fourth-order valence-corrected chi connectivity index (χ4v) is 3.79. The van der Waals surface area contributed by atoms with Gasteiger partial charge in [-0.05, 0) is 48.0 Å². The van der Waals surface area contributed by atoms with Crippen molar-refractivity contribution in [3.63, 3.8) is 0 Å². The Labute approximate surface area is 185 Å². The SMILES string of the molecule is NC(=O)c1ccc2c(c1)nc(Nc1ccc3cn[nH]c3c1)n2Cc1ccccc1C(F)(F)F. The minimum atomic E-state index is -4.49. The molecule has 0 unspecified atom stereocenters. The summed E-state index contributed by atoms with van der Waals surface area (Å²) in [5, 5.41) is 11.0. The van der Waals surface area contributed by atoms with E-state index < -0.39 is 17.6 Å². The predicted octanol–water partition coefficient (Wildman–Crippen LogP) is 4.82. The molecule has 5 rings (SSSR count). The molecule has 0 aliphatic rings. The fourth-order valence-electron chi connectivity index (χ4n) is 3.79. The van der Waals surface area contributed by atoms with Crippen molar-refractivity contribution in [2.75, 3.05) is 5.32 Å². The van der Waals surface area contributed by atoms with Crippen LogP contribution in [0.15, 0.2) is 66.9 Å². The number of imidazole rings is 1. The molecule has 3 aromatic carbocycles. The maximum absolute atomic E-state index is 13.6. The van der Waals surface area contributed by atoms with Gasteiger partial charge in [-0.3, -0.25) is 9.89 Å². The van der Waals surface area contributed by atoms with Crippen LogP contribution >= 0.6 is 0 Å². The first-order chi connectivity index (χ1) is 15.8.